The van der Waals surface area contributed by atoms with Crippen molar-refractivity contribution in [2.45, 2.75) is 78.7 Å². The lowest BCUT2D eigenvalue weighted by molar-refractivity contribution is -0.231. The Morgan fingerprint density at radius 1 is 0.541 bits per heavy atom. The molecule has 1 saturated heterocycles. The van der Waals surface area contributed by atoms with Crippen LogP contribution in [0.5, 0.6) is 0 Å². The van der Waals surface area contributed by atoms with Crippen LogP contribution in [0.3, 0.4) is 0 Å². The van der Waals surface area contributed by atoms with Crippen LogP contribution in [-0.2, 0) is 66.2 Å². The largest absolute Gasteiger partial charge is 0.494 e. The molecule has 350 valence electrons. The van der Waals surface area contributed by atoms with E-state index in [-0.39, 0.29) is 89.9 Å². The molecule has 2 aliphatic heterocycles. The van der Waals surface area contributed by atoms with Crippen LogP contribution < -0.4 is 15.8 Å². The molecule has 2 aromatic carbocycles. The highest BCUT2D eigenvalue weighted by atomic mass is 79.9. The smallest absolute Gasteiger partial charge is 0.399 e. The van der Waals surface area contributed by atoms with Crippen molar-refractivity contribution >= 4 is 70.5 Å². The fourth-order valence-corrected chi connectivity index (χ4v) is 14.9. The molecule has 1 atom stereocenters. The molecule has 0 bridgehead atoms. The number of rotatable bonds is 35. The Balaban J connectivity index is 0.00000641. The zero-order valence-corrected chi connectivity index (χ0v) is 39.8. The molecule has 19 heteroatoms. The van der Waals surface area contributed by atoms with Gasteiger partial charge in [0.05, 0.1) is 24.4 Å². The second kappa shape index (κ2) is 31.3. The summed E-state index contributed by atoms with van der Waals surface area (Å²) < 4.78 is 76.3. The third-order valence-electron chi connectivity index (χ3n) is 10.2. The third-order valence-corrected chi connectivity index (χ3v) is 18.0. The highest BCUT2D eigenvalue weighted by Crippen LogP contribution is 2.38. The Morgan fingerprint density at radius 3 is 1.44 bits per heavy atom. The SMILES string of the molecule is C.C.COCCSCCC[Si]1(CCCSCCOCOCOCOCOCOCOCOCOCOCOC)c2cc(Br)ccc2-c2ccc(B3OC(C)(C)C(C)(C)O3)cc21. The van der Waals surface area contributed by atoms with E-state index >= 15 is 0 Å². The zero-order valence-electron chi connectivity index (χ0n) is 35.6. The number of ether oxygens (including phenoxy) is 12. The van der Waals surface area contributed by atoms with E-state index in [1.165, 1.54) is 41.9 Å². The van der Waals surface area contributed by atoms with Gasteiger partial charge in [-0.05, 0) is 103 Å². The first-order chi connectivity index (χ1) is 28.6. The fraction of sp³-hybridized carbons (Fsp3) is 0.714. The topological polar surface area (TPSA) is 129 Å². The molecule has 0 N–H and O–H groups in total. The lowest BCUT2D eigenvalue weighted by Crippen LogP contribution is -2.56. The first-order valence-electron chi connectivity index (χ1n) is 19.9. The predicted molar refractivity (Wildman–Crippen MR) is 251 cm³/mol. The van der Waals surface area contributed by atoms with E-state index in [9.17, 15) is 0 Å². The fourth-order valence-electron chi connectivity index (χ4n) is 6.67. The number of halogens is 1. The Hall–Kier alpha value is -0.658. The van der Waals surface area contributed by atoms with Crippen LogP contribution in [0.2, 0.25) is 12.1 Å². The number of thioether (sulfide) groups is 2. The summed E-state index contributed by atoms with van der Waals surface area (Å²) in [5.74, 6) is 4.10. The van der Waals surface area contributed by atoms with Crippen LogP contribution in [0.25, 0.3) is 11.1 Å². The van der Waals surface area contributed by atoms with Gasteiger partial charge in [-0.1, -0.05) is 55.0 Å². The van der Waals surface area contributed by atoms with Gasteiger partial charge in [0, 0.05) is 30.2 Å². The molecule has 2 aromatic rings. The summed E-state index contributed by atoms with van der Waals surface area (Å²) in [5.41, 5.74) is 3.08. The average Bonchev–Trinajstić information content (AvgIpc) is 3.61. The molecular weight excluding hydrogens is 911 g/mol. The van der Waals surface area contributed by atoms with Crippen molar-refractivity contribution in [3.8, 4) is 11.1 Å². The molecule has 4 rings (SSSR count). The van der Waals surface area contributed by atoms with Gasteiger partial charge in [-0.15, -0.1) is 0 Å². The molecule has 0 aromatic heterocycles. The molecule has 0 aliphatic carbocycles. The molecule has 1 unspecified atom stereocenters. The van der Waals surface area contributed by atoms with Crippen LogP contribution >= 0.6 is 39.5 Å². The predicted octanol–water partition coefficient (Wildman–Crippen LogP) is 6.84. The van der Waals surface area contributed by atoms with Crippen molar-refractivity contribution in [1.29, 1.82) is 0 Å². The maximum Gasteiger partial charge on any atom is 0.494 e. The molecule has 0 radical (unpaired) electrons. The monoisotopic (exact) mass is 982 g/mol. The van der Waals surface area contributed by atoms with Crippen molar-refractivity contribution in [1.82, 2.24) is 0 Å². The van der Waals surface area contributed by atoms with Crippen LogP contribution in [0.15, 0.2) is 40.9 Å². The van der Waals surface area contributed by atoms with Crippen LogP contribution in [-0.4, -0.2) is 145 Å². The minimum absolute atomic E-state index is 0. The maximum absolute atomic E-state index is 6.54. The minimum Gasteiger partial charge on any atom is -0.399 e. The van der Waals surface area contributed by atoms with Gasteiger partial charge < -0.3 is 66.2 Å². The normalized spacial score (nSPS) is 17.3. The number of methoxy groups -OCH3 is 2. The van der Waals surface area contributed by atoms with E-state index in [1.807, 2.05) is 23.5 Å². The van der Waals surface area contributed by atoms with Crippen molar-refractivity contribution in [3.05, 3.63) is 40.9 Å². The summed E-state index contributed by atoms with van der Waals surface area (Å²) >= 11 is 7.74. The Bertz CT molecular complexity index is 1450. The van der Waals surface area contributed by atoms with E-state index in [0.29, 0.717) is 6.61 Å². The molecule has 1 fully saturated rings. The molecule has 2 aliphatic rings. The van der Waals surface area contributed by atoms with Crippen LogP contribution in [0, 0.1) is 0 Å². The number of hydrogen-bond donors (Lipinski definition) is 0. The Labute approximate surface area is 383 Å². The molecule has 61 heavy (non-hydrogen) atoms. The summed E-state index contributed by atoms with van der Waals surface area (Å²) in [6.07, 6.45) is 2.30. The van der Waals surface area contributed by atoms with Gasteiger partial charge in [-0.2, -0.15) is 23.5 Å². The maximum atomic E-state index is 6.54. The number of fused-ring (bicyclic) bond motifs is 3. The minimum atomic E-state index is -2.15. The van der Waals surface area contributed by atoms with Gasteiger partial charge >= 0.3 is 7.12 Å². The van der Waals surface area contributed by atoms with Crippen molar-refractivity contribution in [2.75, 3.05) is 118 Å². The molecular formula is C42H72BBrO14S2Si. The summed E-state index contributed by atoms with van der Waals surface area (Å²) in [6, 6.07) is 16.3. The highest BCUT2D eigenvalue weighted by molar-refractivity contribution is 9.10. The lowest BCUT2D eigenvalue weighted by atomic mass is 9.78. The number of benzene rings is 2. The van der Waals surface area contributed by atoms with E-state index in [4.69, 9.17) is 66.2 Å². The Kier molecular flexibility index (Phi) is 29.0. The molecule has 0 saturated carbocycles. The highest BCUT2D eigenvalue weighted by Gasteiger charge is 2.52. The lowest BCUT2D eigenvalue weighted by Gasteiger charge is -2.32. The van der Waals surface area contributed by atoms with Crippen LogP contribution in [0.1, 0.15) is 55.4 Å². The molecule has 14 nitrogen and oxygen atoms in total. The van der Waals surface area contributed by atoms with Gasteiger partial charge in [0.1, 0.15) is 21.7 Å². The van der Waals surface area contributed by atoms with Gasteiger partial charge in [-0.25, -0.2) is 0 Å². The first kappa shape index (κ1) is 56.5. The molecule has 0 amide bonds. The summed E-state index contributed by atoms with van der Waals surface area (Å²) in [6.45, 7) is 10.3. The van der Waals surface area contributed by atoms with Crippen molar-refractivity contribution < 1.29 is 66.2 Å². The summed E-state index contributed by atoms with van der Waals surface area (Å²) in [7, 11) is 0.759. The van der Waals surface area contributed by atoms with Gasteiger partial charge in [-0.3, -0.25) is 0 Å². The zero-order chi connectivity index (χ0) is 42.2. The van der Waals surface area contributed by atoms with Gasteiger partial charge in [0.2, 0.25) is 0 Å². The van der Waals surface area contributed by atoms with E-state index < -0.39 is 19.3 Å². The molecule has 2 heterocycles. The second-order valence-corrected chi connectivity index (χ2v) is 22.4. The Morgan fingerprint density at radius 2 is 0.967 bits per heavy atom. The van der Waals surface area contributed by atoms with Gasteiger partial charge in [0.15, 0.2) is 54.3 Å². The number of hydrogen-bond acceptors (Lipinski definition) is 16. The standard InChI is InChI=1S/C40H64BBrO14S2Si.2CH4/c1-39(2)40(3,4)56-41(55-39)33-9-11-35-36-12-10-34(42)22-38(36)59(37(35)21-33,19-7-15-57-17-13-43-5)20-8-16-58-18-14-45-24-47-26-49-28-51-30-53-32-54-31-52-29-50-27-48-25-46-23-44-6;;/h9-12,21-22H,7-8,13-20,23-32H2,1-6H3;2*1H4. The van der Waals surface area contributed by atoms with E-state index in [0.717, 1.165) is 46.0 Å². The quantitative estimate of drug-likeness (QED) is 0.0406. The molecule has 0 spiro atoms. The van der Waals surface area contributed by atoms with E-state index in [2.05, 4.69) is 80.0 Å². The first-order valence-corrected chi connectivity index (χ1v) is 25.4. The van der Waals surface area contributed by atoms with E-state index in [1.54, 1.807) is 12.3 Å². The summed E-state index contributed by atoms with van der Waals surface area (Å²) in [5, 5.41) is 3.07. The van der Waals surface area contributed by atoms with Gasteiger partial charge in [0.25, 0.3) is 0 Å². The summed E-state index contributed by atoms with van der Waals surface area (Å²) in [4.78, 5) is 0. The second-order valence-electron chi connectivity index (χ2n) is 14.8. The van der Waals surface area contributed by atoms with Crippen molar-refractivity contribution in [3.63, 3.8) is 0 Å². The van der Waals surface area contributed by atoms with Crippen LogP contribution in [0.4, 0.5) is 0 Å². The average molecular weight is 984 g/mol. The third kappa shape index (κ3) is 18.6. The van der Waals surface area contributed by atoms with Crippen molar-refractivity contribution in [2.24, 2.45) is 0 Å².